The van der Waals surface area contributed by atoms with Crippen LogP contribution in [0.1, 0.15) is 24.0 Å². The number of hydrogen-bond acceptors (Lipinski definition) is 3. The zero-order valence-electron chi connectivity index (χ0n) is 10.2. The Morgan fingerprint density at radius 3 is 2.88 bits per heavy atom. The van der Waals surface area contributed by atoms with E-state index in [-0.39, 0.29) is 0 Å². The second-order valence-electron chi connectivity index (χ2n) is 4.86. The summed E-state index contributed by atoms with van der Waals surface area (Å²) >= 11 is 0. The van der Waals surface area contributed by atoms with E-state index in [1.807, 2.05) is 12.4 Å². The van der Waals surface area contributed by atoms with Crippen molar-refractivity contribution in [1.29, 1.82) is 0 Å². The zero-order valence-corrected chi connectivity index (χ0v) is 10.2. The fourth-order valence-corrected chi connectivity index (χ4v) is 2.26. The van der Waals surface area contributed by atoms with Gasteiger partial charge in [0.15, 0.2) is 0 Å². The molecule has 3 nitrogen and oxygen atoms in total. The average Bonchev–Trinajstić information content (AvgIpc) is 3.07. The molecular weight excluding hydrogens is 198 g/mol. The number of aromatic nitrogens is 1. The van der Waals surface area contributed by atoms with Crippen LogP contribution in [0, 0.1) is 12.8 Å². The van der Waals surface area contributed by atoms with Crippen LogP contribution in [0.25, 0.3) is 0 Å². The molecule has 0 aromatic carbocycles. The summed E-state index contributed by atoms with van der Waals surface area (Å²) in [4.78, 5) is 6.56. The lowest BCUT2D eigenvalue weighted by Gasteiger charge is -2.27. The standard InChI is InChI=1S/C13H21N3/c1-10-5-6-15-8-12(10)9-16(2)13(7-14)11-3-4-11/h5-6,8,11,13H,3-4,7,9,14H2,1-2H3. The quantitative estimate of drug-likeness (QED) is 0.817. The van der Waals surface area contributed by atoms with Crippen molar-refractivity contribution in [3.05, 3.63) is 29.6 Å². The first kappa shape index (κ1) is 11.6. The van der Waals surface area contributed by atoms with E-state index in [1.165, 1.54) is 24.0 Å². The predicted octanol–water partition coefficient (Wildman–Crippen LogP) is 1.56. The Morgan fingerprint density at radius 1 is 1.56 bits per heavy atom. The van der Waals surface area contributed by atoms with Crippen molar-refractivity contribution in [1.82, 2.24) is 9.88 Å². The molecule has 16 heavy (non-hydrogen) atoms. The summed E-state index contributed by atoms with van der Waals surface area (Å²) in [6, 6.07) is 2.61. The third-order valence-electron chi connectivity index (χ3n) is 3.54. The molecule has 1 saturated carbocycles. The van der Waals surface area contributed by atoms with Crippen molar-refractivity contribution in [3.63, 3.8) is 0 Å². The van der Waals surface area contributed by atoms with Crippen LogP contribution in [-0.4, -0.2) is 29.5 Å². The van der Waals surface area contributed by atoms with Crippen LogP contribution >= 0.6 is 0 Å². The minimum Gasteiger partial charge on any atom is -0.329 e. The molecule has 0 aliphatic heterocycles. The molecule has 88 valence electrons. The number of likely N-dealkylation sites (N-methyl/N-ethyl adjacent to an activating group) is 1. The average molecular weight is 219 g/mol. The van der Waals surface area contributed by atoms with Gasteiger partial charge in [0.05, 0.1) is 0 Å². The van der Waals surface area contributed by atoms with Gasteiger partial charge in [0.25, 0.3) is 0 Å². The molecule has 1 aromatic heterocycles. The summed E-state index contributed by atoms with van der Waals surface area (Å²) in [6.45, 7) is 3.86. The fourth-order valence-electron chi connectivity index (χ4n) is 2.26. The number of rotatable bonds is 5. The Kier molecular flexibility index (Phi) is 3.56. The highest BCUT2D eigenvalue weighted by molar-refractivity contribution is 5.21. The van der Waals surface area contributed by atoms with Gasteiger partial charge < -0.3 is 5.73 Å². The maximum atomic E-state index is 5.85. The molecule has 2 N–H and O–H groups in total. The summed E-state index contributed by atoms with van der Waals surface area (Å²) in [5, 5.41) is 0. The Morgan fingerprint density at radius 2 is 2.31 bits per heavy atom. The number of nitrogens with zero attached hydrogens (tertiary/aromatic N) is 2. The summed E-state index contributed by atoms with van der Waals surface area (Å²) in [7, 11) is 2.17. The largest absolute Gasteiger partial charge is 0.329 e. The molecule has 1 unspecified atom stereocenters. The minimum atomic E-state index is 0.541. The van der Waals surface area contributed by atoms with Gasteiger partial charge in [-0.25, -0.2) is 0 Å². The van der Waals surface area contributed by atoms with Crippen molar-refractivity contribution < 1.29 is 0 Å². The molecule has 0 spiro atoms. The fraction of sp³-hybridized carbons (Fsp3) is 0.615. The number of nitrogens with two attached hydrogens (primary N) is 1. The van der Waals surface area contributed by atoms with Crippen molar-refractivity contribution in [2.24, 2.45) is 11.7 Å². The van der Waals surface area contributed by atoms with E-state index in [4.69, 9.17) is 5.73 Å². The monoisotopic (exact) mass is 219 g/mol. The van der Waals surface area contributed by atoms with Gasteiger partial charge in [0.2, 0.25) is 0 Å². The van der Waals surface area contributed by atoms with Crippen molar-refractivity contribution in [2.45, 2.75) is 32.4 Å². The van der Waals surface area contributed by atoms with Gasteiger partial charge in [0, 0.05) is 31.5 Å². The van der Waals surface area contributed by atoms with Gasteiger partial charge in [-0.2, -0.15) is 0 Å². The molecule has 0 saturated heterocycles. The van der Waals surface area contributed by atoms with E-state index in [1.54, 1.807) is 0 Å². The summed E-state index contributed by atoms with van der Waals surface area (Å²) in [5.41, 5.74) is 8.47. The van der Waals surface area contributed by atoms with Crippen LogP contribution in [0.3, 0.4) is 0 Å². The lowest BCUT2D eigenvalue weighted by Crippen LogP contribution is -2.39. The van der Waals surface area contributed by atoms with Crippen molar-refractivity contribution in [2.75, 3.05) is 13.6 Å². The van der Waals surface area contributed by atoms with Gasteiger partial charge >= 0.3 is 0 Å². The molecule has 1 fully saturated rings. The molecule has 3 heteroatoms. The van der Waals surface area contributed by atoms with Crippen LogP contribution < -0.4 is 5.73 Å². The molecule has 1 aliphatic rings. The van der Waals surface area contributed by atoms with E-state index in [0.717, 1.165) is 19.0 Å². The van der Waals surface area contributed by atoms with E-state index in [0.29, 0.717) is 6.04 Å². The van der Waals surface area contributed by atoms with E-state index < -0.39 is 0 Å². The third kappa shape index (κ3) is 2.60. The second kappa shape index (κ2) is 4.93. The van der Waals surface area contributed by atoms with Crippen molar-refractivity contribution in [3.8, 4) is 0 Å². The first-order chi connectivity index (χ1) is 7.72. The van der Waals surface area contributed by atoms with Crippen molar-refractivity contribution >= 4 is 0 Å². The summed E-state index contributed by atoms with van der Waals surface area (Å²) < 4.78 is 0. The minimum absolute atomic E-state index is 0.541. The van der Waals surface area contributed by atoms with Gasteiger partial charge in [-0.3, -0.25) is 9.88 Å². The van der Waals surface area contributed by atoms with Gasteiger partial charge in [0.1, 0.15) is 0 Å². The van der Waals surface area contributed by atoms with Crippen LogP contribution in [-0.2, 0) is 6.54 Å². The Hall–Kier alpha value is -0.930. The van der Waals surface area contributed by atoms with E-state index in [2.05, 4.69) is 29.9 Å². The number of pyridine rings is 1. The molecule has 1 aliphatic carbocycles. The van der Waals surface area contributed by atoms with Gasteiger partial charge in [-0.05, 0) is 49.9 Å². The van der Waals surface area contributed by atoms with Crippen LogP contribution in [0.2, 0.25) is 0 Å². The normalized spacial score (nSPS) is 17.8. The smallest absolute Gasteiger partial charge is 0.0315 e. The number of hydrogen-bond donors (Lipinski definition) is 1. The molecular formula is C13H21N3. The van der Waals surface area contributed by atoms with Crippen LogP contribution in [0.15, 0.2) is 18.5 Å². The Balaban J connectivity index is 2.00. The summed E-state index contributed by atoms with van der Waals surface area (Å²) in [5.74, 6) is 0.826. The second-order valence-corrected chi connectivity index (χ2v) is 4.86. The first-order valence-electron chi connectivity index (χ1n) is 6.02. The first-order valence-corrected chi connectivity index (χ1v) is 6.02. The highest BCUT2D eigenvalue weighted by Crippen LogP contribution is 2.34. The zero-order chi connectivity index (χ0) is 11.5. The molecule has 1 heterocycles. The molecule has 0 amide bonds. The van der Waals surface area contributed by atoms with Crippen LogP contribution in [0.4, 0.5) is 0 Å². The molecule has 1 aromatic rings. The molecule has 1 atom stereocenters. The van der Waals surface area contributed by atoms with Gasteiger partial charge in [-0.1, -0.05) is 0 Å². The Labute approximate surface area is 97.7 Å². The highest BCUT2D eigenvalue weighted by Gasteiger charge is 2.32. The molecule has 0 bridgehead atoms. The molecule has 0 radical (unpaired) electrons. The predicted molar refractivity (Wildman–Crippen MR) is 66.0 cm³/mol. The lowest BCUT2D eigenvalue weighted by atomic mass is 10.1. The molecule has 2 rings (SSSR count). The maximum Gasteiger partial charge on any atom is 0.0315 e. The maximum absolute atomic E-state index is 5.85. The SMILES string of the molecule is Cc1ccncc1CN(C)C(CN)C1CC1. The summed E-state index contributed by atoms with van der Waals surface area (Å²) in [6.07, 6.45) is 6.50. The van der Waals surface area contributed by atoms with Gasteiger partial charge in [-0.15, -0.1) is 0 Å². The van der Waals surface area contributed by atoms with Crippen LogP contribution in [0.5, 0.6) is 0 Å². The third-order valence-corrected chi connectivity index (χ3v) is 3.54. The number of aryl methyl sites for hydroxylation is 1. The van der Waals surface area contributed by atoms with E-state index in [9.17, 15) is 0 Å². The lowest BCUT2D eigenvalue weighted by molar-refractivity contribution is 0.215. The topological polar surface area (TPSA) is 42.2 Å². The highest BCUT2D eigenvalue weighted by atomic mass is 15.1. The van der Waals surface area contributed by atoms with E-state index >= 15 is 0 Å². The Bertz CT molecular complexity index is 347.